The molecule has 0 aliphatic carbocycles. The van der Waals surface area contributed by atoms with Gasteiger partial charge in [-0.15, -0.1) is 11.3 Å². The lowest BCUT2D eigenvalue weighted by Crippen LogP contribution is -2.27. The van der Waals surface area contributed by atoms with Crippen LogP contribution in [0.4, 0.5) is 4.39 Å². The maximum absolute atomic E-state index is 12.7. The van der Waals surface area contributed by atoms with E-state index in [4.69, 9.17) is 4.74 Å². The van der Waals surface area contributed by atoms with Gasteiger partial charge < -0.3 is 4.74 Å². The Bertz CT molecular complexity index is 680. The minimum atomic E-state index is -3.48. The Morgan fingerprint density at radius 2 is 1.90 bits per heavy atom. The van der Waals surface area contributed by atoms with Gasteiger partial charge in [0.25, 0.3) is 0 Å². The van der Waals surface area contributed by atoms with Gasteiger partial charge in [0.15, 0.2) is 0 Å². The SMILES string of the molecule is CCc1ccc(S(=O)(=O)NCCOc2ccc(F)cc2)s1. The van der Waals surface area contributed by atoms with E-state index in [0.29, 0.717) is 9.96 Å². The highest BCUT2D eigenvalue weighted by Gasteiger charge is 2.15. The van der Waals surface area contributed by atoms with Crippen molar-refractivity contribution in [3.63, 3.8) is 0 Å². The van der Waals surface area contributed by atoms with Crippen molar-refractivity contribution in [2.75, 3.05) is 13.2 Å². The van der Waals surface area contributed by atoms with Crippen LogP contribution in [0.25, 0.3) is 0 Å². The Kier molecular flexibility index (Phi) is 5.33. The third-order valence-electron chi connectivity index (χ3n) is 2.73. The first-order valence-electron chi connectivity index (χ1n) is 6.48. The summed E-state index contributed by atoms with van der Waals surface area (Å²) < 4.78 is 44.8. The Hall–Kier alpha value is -1.44. The molecule has 0 saturated carbocycles. The summed E-state index contributed by atoms with van der Waals surface area (Å²) in [7, 11) is -3.48. The third-order valence-corrected chi connectivity index (χ3v) is 5.91. The quantitative estimate of drug-likeness (QED) is 0.795. The summed E-state index contributed by atoms with van der Waals surface area (Å²) in [5.74, 6) is 0.160. The van der Waals surface area contributed by atoms with Crippen LogP contribution in [0.5, 0.6) is 5.75 Å². The van der Waals surface area contributed by atoms with Gasteiger partial charge in [-0.25, -0.2) is 17.5 Å². The second-order valence-corrected chi connectivity index (χ2v) is 7.44. The van der Waals surface area contributed by atoms with Crippen molar-refractivity contribution in [1.29, 1.82) is 0 Å². The minimum absolute atomic E-state index is 0.152. The van der Waals surface area contributed by atoms with Gasteiger partial charge in [0.1, 0.15) is 22.4 Å². The summed E-state index contributed by atoms with van der Waals surface area (Å²) in [5.41, 5.74) is 0. The third kappa shape index (κ3) is 4.52. The fraction of sp³-hybridized carbons (Fsp3) is 0.286. The highest BCUT2D eigenvalue weighted by Crippen LogP contribution is 2.21. The molecule has 0 aliphatic heterocycles. The van der Waals surface area contributed by atoms with Gasteiger partial charge in [0.2, 0.25) is 10.0 Å². The van der Waals surface area contributed by atoms with Gasteiger partial charge in [0.05, 0.1) is 0 Å². The number of sulfonamides is 1. The molecule has 0 unspecified atom stereocenters. The van der Waals surface area contributed by atoms with Gasteiger partial charge in [-0.05, 0) is 42.8 Å². The summed E-state index contributed by atoms with van der Waals surface area (Å²) in [5, 5.41) is 0. The van der Waals surface area contributed by atoms with Crippen molar-refractivity contribution in [3.05, 3.63) is 47.1 Å². The van der Waals surface area contributed by atoms with Crippen LogP contribution in [0, 0.1) is 5.82 Å². The molecule has 1 aromatic carbocycles. The maximum atomic E-state index is 12.7. The first-order chi connectivity index (χ1) is 10.0. The summed E-state index contributed by atoms with van der Waals surface area (Å²) in [4.78, 5) is 1.03. The average Bonchev–Trinajstić information content (AvgIpc) is 2.95. The van der Waals surface area contributed by atoms with E-state index < -0.39 is 10.0 Å². The van der Waals surface area contributed by atoms with E-state index >= 15 is 0 Å². The lowest BCUT2D eigenvalue weighted by Gasteiger charge is -2.07. The number of halogens is 1. The molecular formula is C14H16FNO3S2. The summed E-state index contributed by atoms with van der Waals surface area (Å²) in [6, 6.07) is 8.99. The van der Waals surface area contributed by atoms with Gasteiger partial charge in [-0.1, -0.05) is 6.92 Å². The molecule has 21 heavy (non-hydrogen) atoms. The number of rotatable bonds is 7. The zero-order valence-corrected chi connectivity index (χ0v) is 13.1. The molecule has 0 radical (unpaired) electrons. The first kappa shape index (κ1) is 15.9. The average molecular weight is 329 g/mol. The topological polar surface area (TPSA) is 55.4 Å². The fourth-order valence-corrected chi connectivity index (χ4v) is 3.99. The fourth-order valence-electron chi connectivity index (χ4n) is 1.64. The largest absolute Gasteiger partial charge is 0.492 e. The smallest absolute Gasteiger partial charge is 0.250 e. The van der Waals surface area contributed by atoms with Crippen molar-refractivity contribution in [1.82, 2.24) is 4.72 Å². The molecule has 0 aliphatic rings. The molecule has 7 heteroatoms. The first-order valence-corrected chi connectivity index (χ1v) is 8.78. The molecule has 0 fully saturated rings. The lowest BCUT2D eigenvalue weighted by atomic mass is 10.3. The van der Waals surface area contributed by atoms with Crippen molar-refractivity contribution < 1.29 is 17.5 Å². The second-order valence-electron chi connectivity index (χ2n) is 4.27. The van der Waals surface area contributed by atoms with E-state index in [1.165, 1.54) is 35.6 Å². The zero-order chi connectivity index (χ0) is 15.3. The van der Waals surface area contributed by atoms with Gasteiger partial charge >= 0.3 is 0 Å². The van der Waals surface area contributed by atoms with Crippen LogP contribution in [0.15, 0.2) is 40.6 Å². The molecule has 0 saturated heterocycles. The van der Waals surface area contributed by atoms with Crippen molar-refractivity contribution in [2.45, 2.75) is 17.6 Å². The minimum Gasteiger partial charge on any atom is -0.492 e. The molecule has 2 aromatic rings. The predicted octanol–water partition coefficient (Wildman–Crippen LogP) is 2.81. The van der Waals surface area contributed by atoms with Gasteiger partial charge in [0, 0.05) is 11.4 Å². The monoisotopic (exact) mass is 329 g/mol. The van der Waals surface area contributed by atoms with E-state index in [0.717, 1.165) is 11.3 Å². The normalized spacial score (nSPS) is 11.5. The molecule has 114 valence electrons. The standard InChI is InChI=1S/C14H16FNO3S2/c1-2-13-7-8-14(20-13)21(17,18)16-9-10-19-12-5-3-11(15)4-6-12/h3-8,16H,2,9-10H2,1H3. The summed E-state index contributed by atoms with van der Waals surface area (Å²) in [6.45, 7) is 2.31. The number of aryl methyl sites for hydroxylation is 1. The Morgan fingerprint density at radius 1 is 1.19 bits per heavy atom. The van der Waals surface area contributed by atoms with Crippen LogP contribution >= 0.6 is 11.3 Å². The van der Waals surface area contributed by atoms with E-state index in [1.807, 2.05) is 13.0 Å². The predicted molar refractivity (Wildman–Crippen MR) is 80.8 cm³/mol. The van der Waals surface area contributed by atoms with Crippen molar-refractivity contribution in [2.24, 2.45) is 0 Å². The molecule has 0 atom stereocenters. The summed E-state index contributed by atoms with van der Waals surface area (Å²) in [6.07, 6.45) is 0.813. The van der Waals surface area contributed by atoms with Crippen molar-refractivity contribution in [3.8, 4) is 5.75 Å². The highest BCUT2D eigenvalue weighted by atomic mass is 32.2. The molecule has 4 nitrogen and oxygen atoms in total. The number of hydrogen-bond acceptors (Lipinski definition) is 4. The maximum Gasteiger partial charge on any atom is 0.250 e. The van der Waals surface area contributed by atoms with E-state index in [1.54, 1.807) is 6.07 Å². The second kappa shape index (κ2) is 7.02. The van der Waals surface area contributed by atoms with Crippen LogP contribution < -0.4 is 9.46 Å². The number of thiophene rings is 1. The lowest BCUT2D eigenvalue weighted by molar-refractivity contribution is 0.322. The zero-order valence-electron chi connectivity index (χ0n) is 11.5. The van der Waals surface area contributed by atoms with Crippen LogP contribution in [0.1, 0.15) is 11.8 Å². The number of benzene rings is 1. The van der Waals surface area contributed by atoms with E-state index in [-0.39, 0.29) is 19.0 Å². The molecule has 2 rings (SSSR count). The molecule has 1 aromatic heterocycles. The Morgan fingerprint density at radius 3 is 2.52 bits per heavy atom. The number of hydrogen-bond donors (Lipinski definition) is 1. The van der Waals surface area contributed by atoms with Gasteiger partial charge in [-0.3, -0.25) is 0 Å². The molecule has 1 N–H and O–H groups in total. The van der Waals surface area contributed by atoms with Crippen LogP contribution in [0.2, 0.25) is 0 Å². The van der Waals surface area contributed by atoms with Crippen LogP contribution in [-0.2, 0) is 16.4 Å². The van der Waals surface area contributed by atoms with Crippen molar-refractivity contribution >= 4 is 21.4 Å². The van der Waals surface area contributed by atoms with Crippen LogP contribution in [-0.4, -0.2) is 21.6 Å². The van der Waals surface area contributed by atoms with E-state index in [2.05, 4.69) is 4.72 Å². The van der Waals surface area contributed by atoms with Gasteiger partial charge in [-0.2, -0.15) is 0 Å². The molecule has 1 heterocycles. The number of nitrogens with one attached hydrogen (secondary N) is 1. The highest BCUT2D eigenvalue weighted by molar-refractivity contribution is 7.91. The molecule has 0 bridgehead atoms. The molecule has 0 amide bonds. The molecule has 0 spiro atoms. The Labute approximate surface area is 127 Å². The van der Waals surface area contributed by atoms with E-state index in [9.17, 15) is 12.8 Å². The summed E-state index contributed by atoms with van der Waals surface area (Å²) >= 11 is 1.26. The van der Waals surface area contributed by atoms with Crippen LogP contribution in [0.3, 0.4) is 0 Å². The number of ether oxygens (including phenoxy) is 1. The Balaban J connectivity index is 1.83. The molecular weight excluding hydrogens is 313 g/mol.